The molecule has 0 radical (unpaired) electrons. The zero-order valence-electron chi connectivity index (χ0n) is 32.4. The van der Waals surface area contributed by atoms with E-state index in [1.165, 1.54) is 10.7 Å². The number of nitrogens with one attached hydrogen (secondary N) is 2. The standard InChI is InChI=1S/C19H18F3N7O3.C6H10F2.C5H9NO2.C2H6O.2C2H6/c20-19(21,22)13-5-11(17(30)26-13)3-9-4-14-25-12(8-29(14)24-6-9)7-23-18(31)16-15(10-1-2-10)27-32-28-16;7-6(8)4-2-1-3-5-6;6-5(7)3-8-4-1-2-4;1-3-2;2*1-2/h4,6,8,10-11,13H,1-3,5,7H2,(H,23,31)(H,26,30);1-5H2;4H,1-3H2,(H2,6,7);1-2H3;2*1-2H3. The first-order chi connectivity index (χ1) is 26.2. The van der Waals surface area contributed by atoms with Gasteiger partial charge in [0.25, 0.3) is 5.91 Å². The summed E-state index contributed by atoms with van der Waals surface area (Å²) in [7, 11) is 3.25. The van der Waals surface area contributed by atoms with Crippen LogP contribution >= 0.6 is 0 Å². The Morgan fingerprint density at radius 2 is 1.69 bits per heavy atom. The van der Waals surface area contributed by atoms with E-state index in [9.17, 15) is 36.3 Å². The second-order valence-corrected chi connectivity index (χ2v) is 12.9. The van der Waals surface area contributed by atoms with Crippen LogP contribution in [0.25, 0.3) is 5.65 Å². The van der Waals surface area contributed by atoms with Crippen molar-refractivity contribution in [1.82, 2.24) is 35.5 Å². The predicted octanol–water partition coefficient (Wildman–Crippen LogP) is 6.08. The van der Waals surface area contributed by atoms with Crippen molar-refractivity contribution < 1.29 is 50.4 Å². The minimum Gasteiger partial charge on any atom is -0.388 e. The number of rotatable bonds is 9. The van der Waals surface area contributed by atoms with Crippen LogP contribution in [-0.2, 0) is 32.0 Å². The highest BCUT2D eigenvalue weighted by Gasteiger charge is 2.47. The molecule has 2 unspecified atom stereocenters. The predicted molar refractivity (Wildman–Crippen MR) is 192 cm³/mol. The van der Waals surface area contributed by atoms with Gasteiger partial charge in [-0.1, -0.05) is 39.3 Å². The lowest BCUT2D eigenvalue weighted by atomic mass is 9.97. The van der Waals surface area contributed by atoms with E-state index in [0.717, 1.165) is 32.1 Å². The third-order valence-electron chi connectivity index (χ3n) is 8.21. The van der Waals surface area contributed by atoms with Gasteiger partial charge in [-0.15, -0.1) is 0 Å². The summed E-state index contributed by atoms with van der Waals surface area (Å²) >= 11 is 0. The number of ether oxygens (including phenoxy) is 2. The van der Waals surface area contributed by atoms with Crippen LogP contribution in [0.5, 0.6) is 0 Å². The molecular formula is C36H55F5N8O6. The zero-order valence-corrected chi connectivity index (χ0v) is 32.4. The number of imidazole rings is 1. The van der Waals surface area contributed by atoms with Crippen LogP contribution in [0.2, 0.25) is 0 Å². The normalized spacial score (nSPS) is 19.6. The van der Waals surface area contributed by atoms with Crippen molar-refractivity contribution in [3.8, 4) is 0 Å². The number of alkyl halides is 5. The Labute approximate surface area is 317 Å². The molecule has 3 aromatic heterocycles. The molecule has 3 aliphatic carbocycles. The zero-order chi connectivity index (χ0) is 41.2. The number of aromatic nitrogens is 5. The average Bonchev–Trinajstić information content (AvgIpc) is 4.05. The molecule has 3 amide bonds. The lowest BCUT2D eigenvalue weighted by molar-refractivity contribution is -0.154. The van der Waals surface area contributed by atoms with Gasteiger partial charge in [-0.3, -0.25) is 14.4 Å². The van der Waals surface area contributed by atoms with Gasteiger partial charge in [-0.25, -0.2) is 22.9 Å². The number of fused-ring (bicyclic) bond motifs is 1. The summed E-state index contributed by atoms with van der Waals surface area (Å²) in [6.07, 6.45) is 5.57. The molecule has 55 heavy (non-hydrogen) atoms. The molecule has 2 atom stereocenters. The van der Waals surface area contributed by atoms with E-state index in [0.29, 0.717) is 41.5 Å². The monoisotopic (exact) mass is 790 g/mol. The maximum absolute atomic E-state index is 12.9. The molecule has 7 rings (SSSR count). The smallest absolute Gasteiger partial charge is 0.388 e. The summed E-state index contributed by atoms with van der Waals surface area (Å²) in [5.74, 6) is -4.29. The summed E-state index contributed by atoms with van der Waals surface area (Å²) < 4.78 is 78.4. The van der Waals surface area contributed by atoms with Crippen LogP contribution in [0.1, 0.15) is 125 Å². The lowest BCUT2D eigenvalue weighted by Crippen LogP contribution is -2.38. The van der Waals surface area contributed by atoms with Crippen LogP contribution < -0.4 is 16.4 Å². The van der Waals surface area contributed by atoms with Crippen molar-refractivity contribution in [3.63, 3.8) is 0 Å². The van der Waals surface area contributed by atoms with E-state index in [4.69, 9.17) is 10.5 Å². The van der Waals surface area contributed by atoms with Crippen LogP contribution in [0, 0.1) is 5.92 Å². The first kappa shape index (κ1) is 46.9. The average molecular weight is 791 g/mol. The third-order valence-corrected chi connectivity index (χ3v) is 8.21. The molecule has 4 fully saturated rings. The molecule has 0 bridgehead atoms. The minimum absolute atomic E-state index is 0.0880. The van der Waals surface area contributed by atoms with Crippen molar-refractivity contribution in [1.29, 1.82) is 0 Å². The van der Waals surface area contributed by atoms with Crippen molar-refractivity contribution >= 4 is 23.4 Å². The third kappa shape index (κ3) is 16.6. The first-order valence-corrected chi connectivity index (χ1v) is 18.7. The van der Waals surface area contributed by atoms with Gasteiger partial charge in [0.15, 0.2) is 11.3 Å². The molecular weight excluding hydrogens is 735 g/mol. The van der Waals surface area contributed by atoms with E-state index in [-0.39, 0.29) is 56.4 Å². The second kappa shape index (κ2) is 23.0. The number of hydrogen-bond donors (Lipinski definition) is 3. The molecule has 4 aliphatic rings. The summed E-state index contributed by atoms with van der Waals surface area (Å²) in [4.78, 5) is 38.7. The quantitative estimate of drug-likeness (QED) is 0.214. The molecule has 0 spiro atoms. The fourth-order valence-electron chi connectivity index (χ4n) is 5.31. The van der Waals surface area contributed by atoms with E-state index in [1.807, 2.05) is 33.0 Å². The molecule has 4 heterocycles. The second-order valence-electron chi connectivity index (χ2n) is 12.9. The van der Waals surface area contributed by atoms with E-state index in [2.05, 4.69) is 35.1 Å². The number of amides is 3. The van der Waals surface area contributed by atoms with Crippen molar-refractivity contribution in [2.24, 2.45) is 11.7 Å². The number of methoxy groups -OCH3 is 1. The highest BCUT2D eigenvalue weighted by Crippen LogP contribution is 2.40. The lowest BCUT2D eigenvalue weighted by Gasteiger charge is -2.20. The summed E-state index contributed by atoms with van der Waals surface area (Å²) in [6, 6.07) is -0.155. The maximum atomic E-state index is 12.9. The van der Waals surface area contributed by atoms with Gasteiger partial charge >= 0.3 is 6.18 Å². The number of nitrogens with zero attached hydrogens (tertiary/aromatic N) is 5. The number of halogens is 5. The van der Waals surface area contributed by atoms with E-state index < -0.39 is 35.9 Å². The van der Waals surface area contributed by atoms with Gasteiger partial charge in [0.2, 0.25) is 17.7 Å². The van der Waals surface area contributed by atoms with Crippen LogP contribution in [-0.4, -0.2) is 87.7 Å². The largest absolute Gasteiger partial charge is 0.408 e. The molecule has 3 aromatic rings. The van der Waals surface area contributed by atoms with Crippen molar-refractivity contribution in [3.05, 3.63) is 41.1 Å². The van der Waals surface area contributed by atoms with Crippen LogP contribution in [0.15, 0.2) is 23.1 Å². The van der Waals surface area contributed by atoms with Gasteiger partial charge in [-0.2, -0.15) is 18.3 Å². The fourth-order valence-corrected chi connectivity index (χ4v) is 5.31. The SMILES string of the molecule is CC.CC.COC.FC1(F)CCCCC1.NC(=O)COC1CC1.O=C(NCc1cn2ncc(CC3CC(C(F)(F)F)NC3=O)cc2n1)c1nonc1C1CC1. The van der Waals surface area contributed by atoms with Gasteiger partial charge in [-0.05, 0) is 68.2 Å². The topological polar surface area (TPSA) is 189 Å². The van der Waals surface area contributed by atoms with Crippen molar-refractivity contribution in [2.45, 2.75) is 135 Å². The Hall–Kier alpha value is -4.26. The minimum atomic E-state index is -4.46. The Balaban J connectivity index is 0.000000370. The van der Waals surface area contributed by atoms with E-state index in [1.54, 1.807) is 26.5 Å². The molecule has 19 heteroatoms. The first-order valence-electron chi connectivity index (χ1n) is 18.7. The van der Waals surface area contributed by atoms with Crippen LogP contribution in [0.3, 0.4) is 0 Å². The van der Waals surface area contributed by atoms with Gasteiger partial charge < -0.3 is 25.8 Å². The summed E-state index contributed by atoms with van der Waals surface area (Å²) in [6.45, 7) is 8.21. The number of carbonyl (C=O) groups excluding carboxylic acids is 3. The van der Waals surface area contributed by atoms with Gasteiger partial charge in [0.05, 0.1) is 30.7 Å². The molecule has 310 valence electrons. The molecule has 4 N–H and O–H groups in total. The number of nitrogens with two attached hydrogens (primary N) is 1. The Morgan fingerprint density at radius 1 is 1.05 bits per heavy atom. The highest BCUT2D eigenvalue weighted by molar-refractivity contribution is 5.93. The number of hydrogen-bond acceptors (Lipinski definition) is 10. The molecule has 1 saturated heterocycles. The van der Waals surface area contributed by atoms with E-state index >= 15 is 0 Å². The number of primary amides is 1. The number of carbonyl (C=O) groups is 3. The van der Waals surface area contributed by atoms with Gasteiger partial charge in [0.1, 0.15) is 18.3 Å². The summed E-state index contributed by atoms with van der Waals surface area (Å²) in [5.41, 5.74) is 7.13. The van der Waals surface area contributed by atoms with Crippen LogP contribution in [0.4, 0.5) is 22.0 Å². The van der Waals surface area contributed by atoms with Gasteiger partial charge in [0, 0.05) is 38.9 Å². The molecule has 0 aromatic carbocycles. The Kier molecular flexibility index (Phi) is 19.6. The Bertz CT molecular complexity index is 1600. The van der Waals surface area contributed by atoms with Crippen molar-refractivity contribution in [2.75, 3.05) is 20.8 Å². The summed E-state index contributed by atoms with van der Waals surface area (Å²) in [5, 5.41) is 16.4. The Morgan fingerprint density at radius 3 is 2.20 bits per heavy atom. The molecule has 3 saturated carbocycles. The highest BCUT2D eigenvalue weighted by atomic mass is 19.4. The fraction of sp³-hybridized carbons (Fsp3) is 0.694. The maximum Gasteiger partial charge on any atom is 0.408 e. The molecule has 1 aliphatic heterocycles. The molecule has 14 nitrogen and oxygen atoms in total.